The third-order valence-corrected chi connectivity index (χ3v) is 3.22. The van der Waals surface area contributed by atoms with Crippen LogP contribution in [0.2, 0.25) is 0 Å². The molecular weight excluding hydrogens is 290 g/mol. The van der Waals surface area contributed by atoms with Gasteiger partial charge in [0.15, 0.2) is 0 Å². The van der Waals surface area contributed by atoms with E-state index in [0.29, 0.717) is 0 Å². The Labute approximate surface area is 127 Å². The first-order chi connectivity index (χ1) is 10.3. The molecule has 1 saturated heterocycles. The van der Waals surface area contributed by atoms with Crippen molar-refractivity contribution in [3.63, 3.8) is 0 Å². The number of carbonyl (C=O) groups excluding carboxylic acids is 1. The van der Waals surface area contributed by atoms with Crippen LogP contribution in [0.15, 0.2) is 18.2 Å². The third-order valence-electron chi connectivity index (χ3n) is 3.22. The quantitative estimate of drug-likeness (QED) is 0.623. The average molecular weight is 309 g/mol. The number of benzene rings is 1. The van der Waals surface area contributed by atoms with Gasteiger partial charge >= 0.3 is 18.0 Å². The number of nitrogens with two attached hydrogens (primary N) is 1. The average Bonchev–Trinajstić information content (AvgIpc) is 2.48. The fraction of sp³-hybridized carbons (Fsp3) is 0.357. The van der Waals surface area contributed by atoms with Gasteiger partial charge in [-0.2, -0.15) is 0 Å². The Morgan fingerprint density at radius 2 is 1.55 bits per heavy atom. The number of nitrogens with zero attached hydrogens (tertiary/aromatic N) is 1. The van der Waals surface area contributed by atoms with Crippen LogP contribution in [-0.2, 0) is 0 Å². The van der Waals surface area contributed by atoms with Gasteiger partial charge in [-0.25, -0.2) is 14.4 Å². The monoisotopic (exact) mass is 309 g/mol. The summed E-state index contributed by atoms with van der Waals surface area (Å²) in [4.78, 5) is 33.3. The van der Waals surface area contributed by atoms with Gasteiger partial charge in [0, 0.05) is 26.2 Å². The van der Waals surface area contributed by atoms with E-state index in [1.165, 1.54) is 25.1 Å². The Morgan fingerprint density at radius 1 is 1.09 bits per heavy atom. The van der Waals surface area contributed by atoms with E-state index in [4.69, 9.17) is 15.9 Å². The van der Waals surface area contributed by atoms with Gasteiger partial charge in [0.1, 0.15) is 0 Å². The number of carboxylic acids is 2. The zero-order valence-electron chi connectivity index (χ0n) is 12.2. The number of hydrogen-bond acceptors (Lipinski definition) is 4. The van der Waals surface area contributed by atoms with E-state index in [1.54, 1.807) is 4.90 Å². The summed E-state index contributed by atoms with van der Waals surface area (Å²) >= 11 is 0. The van der Waals surface area contributed by atoms with Crippen LogP contribution in [0.5, 0.6) is 0 Å². The molecule has 8 nitrogen and oxygen atoms in total. The predicted molar refractivity (Wildman–Crippen MR) is 79.1 cm³/mol. The summed E-state index contributed by atoms with van der Waals surface area (Å²) in [5.74, 6) is -2.22. The number of carbonyl (C=O) groups is 3. The number of urea groups is 1. The smallest absolute Gasteiger partial charge is 0.335 e. The SMILES string of the molecule is Cc1c(C(=O)O)cccc1C(=O)O.NC(=O)N1CCNCC1. The van der Waals surface area contributed by atoms with Crippen molar-refractivity contribution in [1.29, 1.82) is 0 Å². The minimum Gasteiger partial charge on any atom is -0.478 e. The maximum Gasteiger partial charge on any atom is 0.335 e. The van der Waals surface area contributed by atoms with Crippen molar-refractivity contribution in [1.82, 2.24) is 10.2 Å². The van der Waals surface area contributed by atoms with Gasteiger partial charge in [-0.3, -0.25) is 0 Å². The van der Waals surface area contributed by atoms with E-state index >= 15 is 0 Å². The number of rotatable bonds is 2. The second-order valence-electron chi connectivity index (χ2n) is 4.66. The molecule has 1 fully saturated rings. The van der Waals surface area contributed by atoms with Crippen molar-refractivity contribution in [2.75, 3.05) is 26.2 Å². The standard InChI is InChI=1S/C9H8O4.C5H11N3O/c1-5-6(8(10)11)3-2-4-7(5)9(12)13;6-5(9)8-3-1-7-2-4-8/h2-4H,1H3,(H,10,11)(H,12,13);7H,1-4H2,(H2,6,9). The summed E-state index contributed by atoms with van der Waals surface area (Å²) in [6, 6.07) is 3.87. The second kappa shape index (κ2) is 7.99. The third kappa shape index (κ3) is 4.74. The first-order valence-corrected chi connectivity index (χ1v) is 6.66. The molecule has 1 aliphatic heterocycles. The van der Waals surface area contributed by atoms with Crippen molar-refractivity contribution in [2.45, 2.75) is 6.92 Å². The van der Waals surface area contributed by atoms with Crippen molar-refractivity contribution < 1.29 is 24.6 Å². The highest BCUT2D eigenvalue weighted by atomic mass is 16.4. The first-order valence-electron chi connectivity index (χ1n) is 6.66. The molecule has 5 N–H and O–H groups in total. The summed E-state index contributed by atoms with van der Waals surface area (Å²) in [5, 5.41) is 20.5. The summed E-state index contributed by atoms with van der Waals surface area (Å²) in [7, 11) is 0. The number of aromatic carboxylic acids is 2. The van der Waals surface area contributed by atoms with Crippen LogP contribution in [-0.4, -0.2) is 59.3 Å². The number of primary amides is 1. The van der Waals surface area contributed by atoms with Gasteiger partial charge in [0.05, 0.1) is 11.1 Å². The van der Waals surface area contributed by atoms with E-state index in [-0.39, 0.29) is 22.7 Å². The summed E-state index contributed by atoms with van der Waals surface area (Å²) in [5.41, 5.74) is 5.36. The number of piperazine rings is 1. The number of hydrogen-bond donors (Lipinski definition) is 4. The van der Waals surface area contributed by atoms with Gasteiger partial charge in [0.25, 0.3) is 0 Å². The molecule has 0 aromatic heterocycles. The lowest BCUT2D eigenvalue weighted by Gasteiger charge is -2.25. The molecule has 22 heavy (non-hydrogen) atoms. The van der Waals surface area contributed by atoms with E-state index in [1.807, 2.05) is 0 Å². The molecule has 8 heteroatoms. The molecule has 0 bridgehead atoms. The molecule has 0 saturated carbocycles. The van der Waals surface area contributed by atoms with Crippen LogP contribution in [0.1, 0.15) is 26.3 Å². The van der Waals surface area contributed by atoms with E-state index < -0.39 is 11.9 Å². The highest BCUT2D eigenvalue weighted by Gasteiger charge is 2.13. The molecule has 2 amide bonds. The van der Waals surface area contributed by atoms with Crippen LogP contribution in [0.3, 0.4) is 0 Å². The molecule has 1 aromatic rings. The van der Waals surface area contributed by atoms with Gasteiger partial charge in [-0.1, -0.05) is 6.07 Å². The van der Waals surface area contributed by atoms with Crippen LogP contribution in [0, 0.1) is 6.92 Å². The topological polar surface area (TPSA) is 133 Å². The van der Waals surface area contributed by atoms with E-state index in [2.05, 4.69) is 5.32 Å². The largest absolute Gasteiger partial charge is 0.478 e. The molecule has 0 atom stereocenters. The van der Waals surface area contributed by atoms with Crippen molar-refractivity contribution in [3.05, 3.63) is 34.9 Å². The maximum absolute atomic E-state index is 10.6. The minimum atomic E-state index is -1.11. The summed E-state index contributed by atoms with van der Waals surface area (Å²) in [6.45, 7) is 4.70. The molecule has 1 heterocycles. The lowest BCUT2D eigenvalue weighted by atomic mass is 10.0. The molecule has 120 valence electrons. The number of carboxylic acid groups (broad SMARTS) is 2. The Bertz CT molecular complexity index is 535. The Hall–Kier alpha value is -2.61. The van der Waals surface area contributed by atoms with Gasteiger partial charge in [0.2, 0.25) is 0 Å². The maximum atomic E-state index is 10.6. The highest BCUT2D eigenvalue weighted by molar-refractivity contribution is 5.96. The Kier molecular flexibility index (Phi) is 6.33. The van der Waals surface area contributed by atoms with Crippen molar-refractivity contribution in [2.24, 2.45) is 5.73 Å². The Morgan fingerprint density at radius 3 is 1.86 bits per heavy atom. The normalized spacial score (nSPS) is 13.8. The van der Waals surface area contributed by atoms with E-state index in [0.717, 1.165) is 26.2 Å². The van der Waals surface area contributed by atoms with Crippen LogP contribution in [0.25, 0.3) is 0 Å². The molecule has 0 aliphatic carbocycles. The number of amides is 2. The lowest BCUT2D eigenvalue weighted by molar-refractivity contribution is 0.0696. The second-order valence-corrected chi connectivity index (χ2v) is 4.66. The van der Waals surface area contributed by atoms with Crippen LogP contribution >= 0.6 is 0 Å². The van der Waals surface area contributed by atoms with Gasteiger partial charge in [-0.05, 0) is 24.6 Å². The van der Waals surface area contributed by atoms with Gasteiger partial charge in [-0.15, -0.1) is 0 Å². The first kappa shape index (κ1) is 17.4. The summed E-state index contributed by atoms with van der Waals surface area (Å²) in [6.07, 6.45) is 0. The molecule has 2 rings (SSSR count). The zero-order valence-corrected chi connectivity index (χ0v) is 12.2. The molecular formula is C14H19N3O5. The van der Waals surface area contributed by atoms with Crippen LogP contribution in [0.4, 0.5) is 4.79 Å². The minimum absolute atomic E-state index is 0.0277. The highest BCUT2D eigenvalue weighted by Crippen LogP contribution is 2.13. The fourth-order valence-corrected chi connectivity index (χ4v) is 1.98. The van der Waals surface area contributed by atoms with E-state index in [9.17, 15) is 14.4 Å². The predicted octanol–water partition coefficient (Wildman–Crippen LogP) is 0.362. The van der Waals surface area contributed by atoms with Crippen LogP contribution < -0.4 is 11.1 Å². The van der Waals surface area contributed by atoms with Gasteiger partial charge < -0.3 is 26.2 Å². The van der Waals surface area contributed by atoms with Crippen molar-refractivity contribution in [3.8, 4) is 0 Å². The molecule has 0 spiro atoms. The Balaban J connectivity index is 0.000000235. The number of nitrogens with one attached hydrogen (secondary N) is 1. The molecule has 0 radical (unpaired) electrons. The molecule has 1 aromatic carbocycles. The molecule has 0 unspecified atom stereocenters. The zero-order chi connectivity index (χ0) is 16.7. The lowest BCUT2D eigenvalue weighted by Crippen LogP contribution is -2.48. The fourth-order valence-electron chi connectivity index (χ4n) is 1.98. The molecule has 1 aliphatic rings. The van der Waals surface area contributed by atoms with Crippen molar-refractivity contribution >= 4 is 18.0 Å². The summed E-state index contributed by atoms with van der Waals surface area (Å²) < 4.78 is 0.